The molecular formula is C14H25N3. The summed E-state index contributed by atoms with van der Waals surface area (Å²) in [6.45, 7) is 6.93. The molecule has 1 atom stereocenters. The molecule has 0 radical (unpaired) electrons. The van der Waals surface area contributed by atoms with E-state index in [0.29, 0.717) is 11.5 Å². The van der Waals surface area contributed by atoms with E-state index in [1.165, 1.54) is 45.2 Å². The standard InChI is InChI=1S/C14H25N3/c1-2-10-17(13-4-3-9-16-11-13)12-14(5-6-14)7-8-15/h13,16H,2-7,9-12H2,1H3. The highest BCUT2D eigenvalue weighted by molar-refractivity contribution is 5.02. The second kappa shape index (κ2) is 5.84. The fraction of sp³-hybridized carbons (Fsp3) is 0.929. The third-order valence-electron chi connectivity index (χ3n) is 4.25. The Morgan fingerprint density at radius 2 is 2.29 bits per heavy atom. The molecule has 2 fully saturated rings. The van der Waals surface area contributed by atoms with Crippen LogP contribution in [0.3, 0.4) is 0 Å². The molecule has 1 unspecified atom stereocenters. The summed E-state index contributed by atoms with van der Waals surface area (Å²) >= 11 is 0. The van der Waals surface area contributed by atoms with Crippen molar-refractivity contribution in [3.8, 4) is 6.07 Å². The van der Waals surface area contributed by atoms with Crippen LogP contribution in [0.15, 0.2) is 0 Å². The lowest BCUT2D eigenvalue weighted by molar-refractivity contribution is 0.135. The molecule has 0 aromatic heterocycles. The Hall–Kier alpha value is -0.590. The first kappa shape index (κ1) is 12.9. The van der Waals surface area contributed by atoms with Crippen molar-refractivity contribution < 1.29 is 0 Å². The van der Waals surface area contributed by atoms with E-state index in [0.717, 1.165) is 19.5 Å². The predicted molar refractivity (Wildman–Crippen MR) is 69.7 cm³/mol. The van der Waals surface area contributed by atoms with Gasteiger partial charge in [-0.15, -0.1) is 0 Å². The Bertz CT molecular complexity index is 272. The molecule has 0 bridgehead atoms. The lowest BCUT2D eigenvalue weighted by Crippen LogP contribution is -2.48. The molecule has 17 heavy (non-hydrogen) atoms. The molecule has 0 spiro atoms. The number of hydrogen-bond acceptors (Lipinski definition) is 3. The largest absolute Gasteiger partial charge is 0.315 e. The maximum Gasteiger partial charge on any atom is 0.0628 e. The van der Waals surface area contributed by atoms with E-state index < -0.39 is 0 Å². The molecule has 1 heterocycles. The average molecular weight is 235 g/mol. The van der Waals surface area contributed by atoms with E-state index in [-0.39, 0.29) is 0 Å². The smallest absolute Gasteiger partial charge is 0.0628 e. The molecule has 1 saturated heterocycles. The van der Waals surface area contributed by atoms with Crippen molar-refractivity contribution in [2.75, 3.05) is 26.2 Å². The summed E-state index contributed by atoms with van der Waals surface area (Å²) in [5.41, 5.74) is 0.362. The van der Waals surface area contributed by atoms with Crippen LogP contribution in [0.5, 0.6) is 0 Å². The summed E-state index contributed by atoms with van der Waals surface area (Å²) in [7, 11) is 0. The average Bonchev–Trinajstić information content (AvgIpc) is 3.10. The molecular weight excluding hydrogens is 210 g/mol. The van der Waals surface area contributed by atoms with Crippen LogP contribution < -0.4 is 5.32 Å². The normalized spacial score (nSPS) is 26.8. The zero-order valence-corrected chi connectivity index (χ0v) is 11.0. The lowest BCUT2D eigenvalue weighted by Gasteiger charge is -2.36. The van der Waals surface area contributed by atoms with Gasteiger partial charge in [-0.3, -0.25) is 4.90 Å². The van der Waals surface area contributed by atoms with E-state index in [4.69, 9.17) is 5.26 Å². The number of rotatable bonds is 6. The van der Waals surface area contributed by atoms with Gasteiger partial charge in [0.2, 0.25) is 0 Å². The fourth-order valence-electron chi connectivity index (χ4n) is 2.99. The molecule has 0 aromatic rings. The van der Waals surface area contributed by atoms with E-state index in [2.05, 4.69) is 23.2 Å². The van der Waals surface area contributed by atoms with Crippen LogP contribution >= 0.6 is 0 Å². The first-order valence-electron chi connectivity index (χ1n) is 7.11. The number of nitriles is 1. The van der Waals surface area contributed by atoms with Gasteiger partial charge in [-0.2, -0.15) is 5.26 Å². The lowest BCUT2D eigenvalue weighted by atomic mass is 9.99. The van der Waals surface area contributed by atoms with Crippen molar-refractivity contribution in [3.05, 3.63) is 0 Å². The van der Waals surface area contributed by atoms with Crippen LogP contribution in [0.2, 0.25) is 0 Å². The van der Waals surface area contributed by atoms with E-state index in [9.17, 15) is 0 Å². The molecule has 2 rings (SSSR count). The van der Waals surface area contributed by atoms with Crippen molar-refractivity contribution in [2.45, 2.75) is 51.5 Å². The second-order valence-corrected chi connectivity index (χ2v) is 5.81. The van der Waals surface area contributed by atoms with Crippen LogP contribution in [0.4, 0.5) is 0 Å². The zero-order valence-electron chi connectivity index (χ0n) is 11.0. The Balaban J connectivity index is 1.90. The van der Waals surface area contributed by atoms with Gasteiger partial charge in [0.15, 0.2) is 0 Å². The van der Waals surface area contributed by atoms with Gasteiger partial charge in [-0.05, 0) is 50.6 Å². The highest BCUT2D eigenvalue weighted by Gasteiger charge is 2.44. The van der Waals surface area contributed by atoms with Crippen molar-refractivity contribution in [1.29, 1.82) is 5.26 Å². The molecule has 0 aromatic carbocycles. The maximum absolute atomic E-state index is 8.91. The fourth-order valence-corrected chi connectivity index (χ4v) is 2.99. The molecule has 1 aliphatic carbocycles. The Morgan fingerprint density at radius 3 is 2.82 bits per heavy atom. The SMILES string of the molecule is CCCN(CC1(CC#N)CC1)C1CCCNC1. The summed E-state index contributed by atoms with van der Waals surface area (Å²) in [4.78, 5) is 2.65. The Morgan fingerprint density at radius 1 is 1.47 bits per heavy atom. The van der Waals surface area contributed by atoms with Gasteiger partial charge in [0.05, 0.1) is 6.07 Å². The maximum atomic E-state index is 8.91. The number of piperidine rings is 1. The van der Waals surface area contributed by atoms with Crippen LogP contribution in [0, 0.1) is 16.7 Å². The topological polar surface area (TPSA) is 39.1 Å². The first-order chi connectivity index (χ1) is 8.29. The third-order valence-corrected chi connectivity index (χ3v) is 4.25. The monoisotopic (exact) mass is 235 g/mol. The summed E-state index contributed by atoms with van der Waals surface area (Å²) in [6, 6.07) is 3.09. The van der Waals surface area contributed by atoms with Crippen molar-refractivity contribution in [3.63, 3.8) is 0 Å². The molecule has 1 aliphatic heterocycles. The van der Waals surface area contributed by atoms with Crippen LogP contribution in [-0.2, 0) is 0 Å². The van der Waals surface area contributed by atoms with Gasteiger partial charge < -0.3 is 5.32 Å². The van der Waals surface area contributed by atoms with Crippen molar-refractivity contribution in [1.82, 2.24) is 10.2 Å². The number of nitrogens with zero attached hydrogens (tertiary/aromatic N) is 2. The number of nitrogens with one attached hydrogen (secondary N) is 1. The Kier molecular flexibility index (Phi) is 4.42. The molecule has 1 N–H and O–H groups in total. The molecule has 96 valence electrons. The van der Waals surface area contributed by atoms with Gasteiger partial charge in [0.1, 0.15) is 0 Å². The summed E-state index contributed by atoms with van der Waals surface area (Å²) in [6.07, 6.45) is 7.14. The van der Waals surface area contributed by atoms with Gasteiger partial charge in [-0.1, -0.05) is 6.92 Å². The molecule has 3 heteroatoms. The van der Waals surface area contributed by atoms with Gasteiger partial charge >= 0.3 is 0 Å². The van der Waals surface area contributed by atoms with Crippen LogP contribution in [0.25, 0.3) is 0 Å². The molecule has 0 amide bonds. The minimum absolute atomic E-state index is 0.362. The van der Waals surface area contributed by atoms with Crippen molar-refractivity contribution >= 4 is 0 Å². The van der Waals surface area contributed by atoms with E-state index in [1.54, 1.807) is 0 Å². The Labute approximate surface area is 105 Å². The number of hydrogen-bond donors (Lipinski definition) is 1. The van der Waals surface area contributed by atoms with Crippen LogP contribution in [-0.4, -0.2) is 37.1 Å². The molecule has 2 aliphatic rings. The molecule has 3 nitrogen and oxygen atoms in total. The minimum atomic E-state index is 0.362. The van der Waals surface area contributed by atoms with Gasteiger partial charge in [0, 0.05) is 25.6 Å². The third kappa shape index (κ3) is 3.43. The van der Waals surface area contributed by atoms with Gasteiger partial charge in [-0.25, -0.2) is 0 Å². The molecule has 1 saturated carbocycles. The summed E-state index contributed by atoms with van der Waals surface area (Å²) in [5, 5.41) is 12.4. The highest BCUT2D eigenvalue weighted by atomic mass is 15.2. The quantitative estimate of drug-likeness (QED) is 0.766. The van der Waals surface area contributed by atoms with E-state index >= 15 is 0 Å². The van der Waals surface area contributed by atoms with Gasteiger partial charge in [0.25, 0.3) is 0 Å². The summed E-state index contributed by atoms with van der Waals surface area (Å²) in [5.74, 6) is 0. The summed E-state index contributed by atoms with van der Waals surface area (Å²) < 4.78 is 0. The van der Waals surface area contributed by atoms with E-state index in [1.807, 2.05) is 0 Å². The van der Waals surface area contributed by atoms with Crippen molar-refractivity contribution in [2.24, 2.45) is 5.41 Å². The predicted octanol–water partition coefficient (Wildman–Crippen LogP) is 2.14. The zero-order chi connectivity index (χ0) is 12.1. The second-order valence-electron chi connectivity index (χ2n) is 5.81. The van der Waals surface area contributed by atoms with Crippen LogP contribution in [0.1, 0.15) is 45.4 Å². The first-order valence-corrected chi connectivity index (χ1v) is 7.11. The highest BCUT2D eigenvalue weighted by Crippen LogP contribution is 2.49. The minimum Gasteiger partial charge on any atom is -0.315 e.